The molecule has 34 heavy (non-hydrogen) atoms. The first-order valence-electron chi connectivity index (χ1n) is 10.3. The summed E-state index contributed by atoms with van der Waals surface area (Å²) in [5, 5.41) is 12.9. The molecule has 2 amide bonds. The van der Waals surface area contributed by atoms with E-state index in [0.29, 0.717) is 39.1 Å². The van der Waals surface area contributed by atoms with Crippen LogP contribution in [-0.4, -0.2) is 26.1 Å². The Kier molecular flexibility index (Phi) is 5.90. The number of anilines is 1. The molecule has 0 spiro atoms. The van der Waals surface area contributed by atoms with E-state index in [2.05, 4.69) is 0 Å². The number of benzene rings is 3. The third-order valence-electron chi connectivity index (χ3n) is 5.73. The van der Waals surface area contributed by atoms with E-state index in [-0.39, 0.29) is 23.1 Å². The number of primary sulfonamides is 1. The van der Waals surface area contributed by atoms with Crippen LogP contribution in [0, 0.1) is 5.41 Å². The van der Waals surface area contributed by atoms with Gasteiger partial charge in [-0.1, -0.05) is 48.5 Å². The molecule has 0 atom stereocenters. The van der Waals surface area contributed by atoms with Crippen molar-refractivity contribution in [3.63, 3.8) is 0 Å². The van der Waals surface area contributed by atoms with E-state index < -0.39 is 15.9 Å². The molecule has 8 nitrogen and oxygen atoms in total. The smallest absolute Gasteiger partial charge is 0.261 e. The summed E-state index contributed by atoms with van der Waals surface area (Å²) >= 11 is 0. The van der Waals surface area contributed by atoms with E-state index >= 15 is 0 Å². The molecule has 1 heterocycles. The maximum Gasteiger partial charge on any atom is 0.261 e. The van der Waals surface area contributed by atoms with Gasteiger partial charge in [0.1, 0.15) is 5.84 Å². The van der Waals surface area contributed by atoms with Crippen LogP contribution in [0.1, 0.15) is 24.5 Å². The fourth-order valence-corrected chi connectivity index (χ4v) is 4.71. The molecule has 0 aromatic heterocycles. The Morgan fingerprint density at radius 2 is 1.59 bits per heavy atom. The SMILES string of the molecule is CC(=C1CC(=O)N(c2ccc(-c3ccccc3S(N)(=O)=O)cc2)C1=O)c1cccc(C(=N)N)c1. The van der Waals surface area contributed by atoms with Crippen molar-refractivity contribution in [2.45, 2.75) is 18.2 Å². The zero-order valence-electron chi connectivity index (χ0n) is 18.3. The molecule has 3 aromatic carbocycles. The number of imide groups is 1. The third kappa shape index (κ3) is 4.26. The minimum atomic E-state index is -3.92. The molecule has 1 fully saturated rings. The molecule has 3 aromatic rings. The monoisotopic (exact) mass is 474 g/mol. The first-order chi connectivity index (χ1) is 16.1. The minimum Gasteiger partial charge on any atom is -0.384 e. The number of nitrogens with two attached hydrogens (primary N) is 2. The molecule has 9 heteroatoms. The number of nitrogens with zero attached hydrogens (tertiary/aromatic N) is 1. The molecule has 0 unspecified atom stereocenters. The van der Waals surface area contributed by atoms with Crippen molar-refractivity contribution in [1.82, 2.24) is 0 Å². The summed E-state index contributed by atoms with van der Waals surface area (Å²) in [5.41, 5.74) is 9.21. The Hall–Kier alpha value is -4.08. The Morgan fingerprint density at radius 3 is 2.24 bits per heavy atom. The van der Waals surface area contributed by atoms with Crippen molar-refractivity contribution in [1.29, 1.82) is 5.41 Å². The standard InChI is InChI=1S/C25H22N4O4S/c1-15(17-5-4-6-18(13-17)24(26)27)21-14-23(30)29(25(21)31)19-11-9-16(10-12-19)20-7-2-3-8-22(20)34(28,32)33/h2-13H,14H2,1H3,(H3,26,27)(H2,28,32,33). The summed E-state index contributed by atoms with van der Waals surface area (Å²) in [4.78, 5) is 27.0. The fraction of sp³-hybridized carbons (Fsp3) is 0.0800. The van der Waals surface area contributed by atoms with Gasteiger partial charge in [-0.15, -0.1) is 0 Å². The number of hydrogen-bond donors (Lipinski definition) is 3. The molecule has 172 valence electrons. The van der Waals surface area contributed by atoms with Crippen LogP contribution >= 0.6 is 0 Å². The molecule has 1 saturated heterocycles. The molecule has 5 N–H and O–H groups in total. The van der Waals surface area contributed by atoms with Gasteiger partial charge in [0.05, 0.1) is 17.0 Å². The maximum atomic E-state index is 13.2. The van der Waals surface area contributed by atoms with Crippen LogP contribution in [0.5, 0.6) is 0 Å². The molecule has 1 aliphatic rings. The average molecular weight is 475 g/mol. The summed E-state index contributed by atoms with van der Waals surface area (Å²) in [7, 11) is -3.92. The quantitative estimate of drug-likeness (QED) is 0.225. The van der Waals surface area contributed by atoms with Crippen molar-refractivity contribution >= 4 is 38.9 Å². The highest BCUT2D eigenvalue weighted by molar-refractivity contribution is 7.89. The third-order valence-corrected chi connectivity index (χ3v) is 6.70. The number of carbonyl (C=O) groups excluding carboxylic acids is 2. The van der Waals surface area contributed by atoms with Crippen LogP contribution in [0.3, 0.4) is 0 Å². The second-order valence-electron chi connectivity index (χ2n) is 7.90. The van der Waals surface area contributed by atoms with Gasteiger partial charge >= 0.3 is 0 Å². The highest BCUT2D eigenvalue weighted by Gasteiger charge is 2.36. The number of nitrogens with one attached hydrogen (secondary N) is 1. The maximum absolute atomic E-state index is 13.2. The second-order valence-corrected chi connectivity index (χ2v) is 9.43. The van der Waals surface area contributed by atoms with Crippen LogP contribution in [0.25, 0.3) is 16.7 Å². The van der Waals surface area contributed by atoms with Gasteiger partial charge in [-0.2, -0.15) is 0 Å². The number of amidine groups is 1. The van der Waals surface area contributed by atoms with Gasteiger partial charge in [-0.3, -0.25) is 15.0 Å². The van der Waals surface area contributed by atoms with Crippen LogP contribution in [-0.2, 0) is 19.6 Å². The molecular formula is C25H22N4O4S. The van der Waals surface area contributed by atoms with E-state index in [9.17, 15) is 18.0 Å². The van der Waals surface area contributed by atoms with E-state index in [4.69, 9.17) is 16.3 Å². The van der Waals surface area contributed by atoms with Gasteiger partial charge in [0.15, 0.2) is 0 Å². The van der Waals surface area contributed by atoms with E-state index in [1.165, 1.54) is 6.07 Å². The topological polar surface area (TPSA) is 147 Å². The number of nitrogen functional groups attached to an aromatic ring is 1. The molecule has 0 saturated carbocycles. The van der Waals surface area contributed by atoms with Gasteiger partial charge in [-0.25, -0.2) is 18.5 Å². The highest BCUT2D eigenvalue weighted by atomic mass is 32.2. The summed E-state index contributed by atoms with van der Waals surface area (Å²) in [6.07, 6.45) is -0.0506. The van der Waals surface area contributed by atoms with Gasteiger partial charge in [0, 0.05) is 16.7 Å². The van der Waals surface area contributed by atoms with Crippen LogP contribution in [0.4, 0.5) is 5.69 Å². The molecule has 0 aliphatic carbocycles. The summed E-state index contributed by atoms with van der Waals surface area (Å²) < 4.78 is 23.8. The van der Waals surface area contributed by atoms with Crippen molar-refractivity contribution in [3.05, 3.63) is 89.5 Å². The minimum absolute atomic E-state index is 0.00953. The van der Waals surface area contributed by atoms with Crippen molar-refractivity contribution in [3.8, 4) is 11.1 Å². The number of hydrogen-bond acceptors (Lipinski definition) is 5. The summed E-state index contributed by atoms with van der Waals surface area (Å²) in [5.74, 6) is -0.868. The lowest BCUT2D eigenvalue weighted by Crippen LogP contribution is -2.29. The van der Waals surface area contributed by atoms with E-state index in [1.54, 1.807) is 73.7 Å². The lowest BCUT2D eigenvalue weighted by atomic mass is 9.98. The second kappa shape index (κ2) is 8.69. The predicted octanol–water partition coefficient (Wildman–Crippen LogP) is 3.02. The zero-order valence-corrected chi connectivity index (χ0v) is 19.1. The van der Waals surface area contributed by atoms with Crippen LogP contribution in [0.15, 0.2) is 83.3 Å². The highest BCUT2D eigenvalue weighted by Crippen LogP contribution is 2.33. The number of amides is 2. The van der Waals surface area contributed by atoms with Gasteiger partial charge in [0.25, 0.3) is 5.91 Å². The van der Waals surface area contributed by atoms with E-state index in [1.807, 2.05) is 0 Å². The molecule has 0 radical (unpaired) electrons. The number of allylic oxidation sites excluding steroid dienone is 1. The van der Waals surface area contributed by atoms with Crippen molar-refractivity contribution in [2.75, 3.05) is 4.90 Å². The van der Waals surface area contributed by atoms with Gasteiger partial charge < -0.3 is 5.73 Å². The van der Waals surface area contributed by atoms with Crippen LogP contribution in [0.2, 0.25) is 0 Å². The predicted molar refractivity (Wildman–Crippen MR) is 130 cm³/mol. The summed E-state index contributed by atoms with van der Waals surface area (Å²) in [6, 6.07) is 19.8. The fourth-order valence-electron chi connectivity index (χ4n) is 3.95. The lowest BCUT2D eigenvalue weighted by Gasteiger charge is -2.15. The zero-order chi connectivity index (χ0) is 24.6. The van der Waals surface area contributed by atoms with Gasteiger partial charge in [0.2, 0.25) is 15.9 Å². The van der Waals surface area contributed by atoms with Gasteiger partial charge in [-0.05, 0) is 47.9 Å². The molecule has 0 bridgehead atoms. The molecule has 4 rings (SSSR count). The average Bonchev–Trinajstić information content (AvgIpc) is 3.12. The number of rotatable bonds is 5. The summed E-state index contributed by atoms with van der Waals surface area (Å²) in [6.45, 7) is 1.76. The Bertz CT molecular complexity index is 1470. The normalized spacial score (nSPS) is 15.5. The largest absolute Gasteiger partial charge is 0.384 e. The lowest BCUT2D eigenvalue weighted by molar-refractivity contribution is -0.120. The first kappa shape index (κ1) is 23.1. The van der Waals surface area contributed by atoms with Crippen LogP contribution < -0.4 is 15.8 Å². The Balaban J connectivity index is 1.68. The number of sulfonamides is 1. The van der Waals surface area contributed by atoms with E-state index in [0.717, 1.165) is 4.90 Å². The number of carbonyl (C=O) groups is 2. The Morgan fingerprint density at radius 1 is 0.941 bits per heavy atom. The van der Waals surface area contributed by atoms with Crippen molar-refractivity contribution in [2.24, 2.45) is 10.9 Å². The Labute approximate surface area is 197 Å². The van der Waals surface area contributed by atoms with Crippen molar-refractivity contribution < 1.29 is 18.0 Å². The first-order valence-corrected chi connectivity index (χ1v) is 11.9. The molecule has 1 aliphatic heterocycles. The molecular weight excluding hydrogens is 452 g/mol.